The second kappa shape index (κ2) is 7.53. The van der Waals surface area contributed by atoms with Gasteiger partial charge in [-0.25, -0.2) is 0 Å². The first kappa shape index (κ1) is 16.8. The number of benzene rings is 1. The number of hydrogen-bond acceptors (Lipinski definition) is 4. The van der Waals surface area contributed by atoms with Crippen molar-refractivity contribution in [2.45, 2.75) is 25.2 Å². The molecule has 0 saturated carbocycles. The number of hydrogen-bond donors (Lipinski definition) is 0. The molecule has 0 radical (unpaired) electrons. The zero-order chi connectivity index (χ0) is 15.2. The Labute approximate surface area is 128 Å². The largest absolute Gasteiger partial charge is 0.493 e. The lowest BCUT2D eigenvalue weighted by atomic mass is 9.78. The maximum Gasteiger partial charge on any atom is 0.315 e. The average molecular weight is 345 g/mol. The third-order valence-corrected chi connectivity index (χ3v) is 4.03. The summed E-state index contributed by atoms with van der Waals surface area (Å²) in [5.74, 6) is 1.01. The molecule has 20 heavy (non-hydrogen) atoms. The summed E-state index contributed by atoms with van der Waals surface area (Å²) in [4.78, 5) is 12.2. The molecule has 1 rings (SSSR count). The van der Waals surface area contributed by atoms with Crippen LogP contribution in [0.15, 0.2) is 18.2 Å². The van der Waals surface area contributed by atoms with E-state index in [0.29, 0.717) is 17.9 Å². The highest BCUT2D eigenvalue weighted by Crippen LogP contribution is 2.36. The van der Waals surface area contributed by atoms with Crippen LogP contribution in [0.1, 0.15) is 25.3 Å². The smallest absolute Gasteiger partial charge is 0.315 e. The van der Waals surface area contributed by atoms with Crippen LogP contribution < -0.4 is 9.47 Å². The number of rotatable bonds is 7. The number of esters is 1. The van der Waals surface area contributed by atoms with E-state index in [9.17, 15) is 4.79 Å². The van der Waals surface area contributed by atoms with Crippen LogP contribution in [0.4, 0.5) is 0 Å². The average Bonchev–Trinajstić information content (AvgIpc) is 2.50. The Bertz CT molecular complexity index is 461. The molecule has 0 heterocycles. The van der Waals surface area contributed by atoms with Crippen LogP contribution >= 0.6 is 15.9 Å². The Hall–Kier alpha value is -1.23. The van der Waals surface area contributed by atoms with Gasteiger partial charge in [-0.3, -0.25) is 4.79 Å². The van der Waals surface area contributed by atoms with Gasteiger partial charge in [-0.2, -0.15) is 0 Å². The highest BCUT2D eigenvalue weighted by molar-refractivity contribution is 9.09. The quantitative estimate of drug-likeness (QED) is 0.562. The molecule has 0 aliphatic carbocycles. The molecule has 0 fully saturated rings. The lowest BCUT2D eigenvalue weighted by molar-refractivity contribution is -0.147. The van der Waals surface area contributed by atoms with Gasteiger partial charge < -0.3 is 14.2 Å². The summed E-state index contributed by atoms with van der Waals surface area (Å²) in [5.41, 5.74) is 0.171. The molecule has 0 saturated heterocycles. The fraction of sp³-hybridized carbons (Fsp3) is 0.533. The molecular weight excluding hydrogens is 324 g/mol. The lowest BCUT2D eigenvalue weighted by Gasteiger charge is -2.27. The van der Waals surface area contributed by atoms with E-state index >= 15 is 0 Å². The number of ether oxygens (including phenoxy) is 3. The van der Waals surface area contributed by atoms with Crippen molar-refractivity contribution in [3.05, 3.63) is 23.8 Å². The first-order chi connectivity index (χ1) is 9.53. The number of carbonyl (C=O) groups excluding carboxylic acids is 1. The summed E-state index contributed by atoms with van der Waals surface area (Å²) in [6.07, 6.45) is 1.57. The monoisotopic (exact) mass is 344 g/mol. The molecule has 0 amide bonds. The Morgan fingerprint density at radius 2 is 1.85 bits per heavy atom. The van der Waals surface area contributed by atoms with Gasteiger partial charge in [-0.1, -0.05) is 22.0 Å². The van der Waals surface area contributed by atoms with Gasteiger partial charge in [0, 0.05) is 5.33 Å². The van der Waals surface area contributed by atoms with Gasteiger partial charge in [-0.05, 0) is 37.5 Å². The van der Waals surface area contributed by atoms with Gasteiger partial charge in [0.1, 0.15) is 0 Å². The molecule has 1 unspecified atom stereocenters. The molecule has 1 aromatic carbocycles. The van der Waals surface area contributed by atoms with Crippen molar-refractivity contribution in [1.82, 2.24) is 0 Å². The van der Waals surface area contributed by atoms with E-state index in [-0.39, 0.29) is 5.97 Å². The van der Waals surface area contributed by atoms with E-state index in [2.05, 4.69) is 15.9 Å². The van der Waals surface area contributed by atoms with Crippen LogP contribution in [-0.2, 0) is 14.9 Å². The van der Waals surface area contributed by atoms with Crippen molar-refractivity contribution < 1.29 is 19.0 Å². The van der Waals surface area contributed by atoms with E-state index in [1.54, 1.807) is 14.2 Å². The first-order valence-electron chi connectivity index (χ1n) is 6.40. The molecule has 1 atom stereocenters. The van der Waals surface area contributed by atoms with Crippen molar-refractivity contribution in [3.63, 3.8) is 0 Å². The van der Waals surface area contributed by atoms with Crippen LogP contribution in [-0.4, -0.2) is 32.6 Å². The fourth-order valence-corrected chi connectivity index (χ4v) is 2.47. The molecule has 5 heteroatoms. The number of halogens is 1. The zero-order valence-corrected chi connectivity index (χ0v) is 14.0. The van der Waals surface area contributed by atoms with Crippen LogP contribution in [0.2, 0.25) is 0 Å². The van der Waals surface area contributed by atoms with Crippen LogP contribution in [0.3, 0.4) is 0 Å². The summed E-state index contributed by atoms with van der Waals surface area (Å²) < 4.78 is 15.5. The van der Waals surface area contributed by atoms with E-state index in [4.69, 9.17) is 14.2 Å². The van der Waals surface area contributed by atoms with Crippen molar-refractivity contribution in [2.24, 2.45) is 0 Å². The minimum atomic E-state index is -0.692. The maximum atomic E-state index is 12.2. The minimum Gasteiger partial charge on any atom is -0.493 e. The van der Waals surface area contributed by atoms with Crippen molar-refractivity contribution in [1.29, 1.82) is 0 Å². The summed E-state index contributed by atoms with van der Waals surface area (Å²) >= 11 is 3.40. The Kier molecular flexibility index (Phi) is 6.33. The van der Waals surface area contributed by atoms with Gasteiger partial charge in [0.15, 0.2) is 11.5 Å². The molecular formula is C15H21BrO4. The molecule has 0 bridgehead atoms. The molecule has 0 spiro atoms. The summed E-state index contributed by atoms with van der Waals surface area (Å²) in [6.45, 7) is 1.89. The molecule has 4 nitrogen and oxygen atoms in total. The van der Waals surface area contributed by atoms with Crippen LogP contribution in [0.5, 0.6) is 11.5 Å². The second-order valence-corrected chi connectivity index (χ2v) is 5.48. The molecule has 0 aliphatic heterocycles. The summed E-state index contributed by atoms with van der Waals surface area (Å²) in [7, 11) is 4.58. The van der Waals surface area contributed by atoms with E-state index < -0.39 is 5.41 Å². The summed E-state index contributed by atoms with van der Waals surface area (Å²) in [5, 5.41) is 0.840. The Balaban J connectivity index is 3.23. The minimum absolute atomic E-state index is 0.245. The third kappa shape index (κ3) is 3.45. The molecule has 112 valence electrons. The molecule has 1 aromatic rings. The molecule has 0 N–H and O–H groups in total. The van der Waals surface area contributed by atoms with Gasteiger partial charge >= 0.3 is 5.97 Å². The van der Waals surface area contributed by atoms with Crippen molar-refractivity contribution >= 4 is 21.9 Å². The number of alkyl halides is 1. The second-order valence-electron chi connectivity index (χ2n) is 4.69. The maximum absolute atomic E-state index is 12.2. The SMILES string of the molecule is COC(=O)C(C)(CCCBr)c1ccc(OC)c(OC)c1. The predicted molar refractivity (Wildman–Crippen MR) is 81.9 cm³/mol. The third-order valence-electron chi connectivity index (χ3n) is 3.47. The lowest BCUT2D eigenvalue weighted by Crippen LogP contribution is -2.34. The van der Waals surface area contributed by atoms with Crippen LogP contribution in [0, 0.1) is 0 Å². The van der Waals surface area contributed by atoms with Crippen LogP contribution in [0.25, 0.3) is 0 Å². The van der Waals surface area contributed by atoms with Gasteiger partial charge in [0.05, 0.1) is 26.7 Å². The predicted octanol–water partition coefficient (Wildman–Crippen LogP) is 3.31. The highest BCUT2D eigenvalue weighted by Gasteiger charge is 2.36. The van der Waals surface area contributed by atoms with Gasteiger partial charge in [0.25, 0.3) is 0 Å². The van der Waals surface area contributed by atoms with E-state index in [0.717, 1.165) is 17.3 Å². The standard InChI is InChI=1S/C15H21BrO4/c1-15(8-5-9-16,14(17)20-4)11-6-7-12(18-2)13(10-11)19-3/h6-7,10H,5,8-9H2,1-4H3. The normalized spacial score (nSPS) is 13.4. The first-order valence-corrected chi connectivity index (χ1v) is 7.52. The zero-order valence-electron chi connectivity index (χ0n) is 12.4. The highest BCUT2D eigenvalue weighted by atomic mass is 79.9. The molecule has 0 aliphatic rings. The van der Waals surface area contributed by atoms with Crippen molar-refractivity contribution in [3.8, 4) is 11.5 Å². The van der Waals surface area contributed by atoms with Gasteiger partial charge in [-0.15, -0.1) is 0 Å². The van der Waals surface area contributed by atoms with Crippen molar-refractivity contribution in [2.75, 3.05) is 26.7 Å². The van der Waals surface area contributed by atoms with Gasteiger partial charge in [0.2, 0.25) is 0 Å². The van der Waals surface area contributed by atoms with E-state index in [1.807, 2.05) is 25.1 Å². The summed E-state index contributed by atoms with van der Waals surface area (Å²) in [6, 6.07) is 5.53. The number of methoxy groups -OCH3 is 3. The Morgan fingerprint density at radius 3 is 2.35 bits per heavy atom. The fourth-order valence-electron chi connectivity index (χ4n) is 2.19. The number of carbonyl (C=O) groups is 1. The topological polar surface area (TPSA) is 44.8 Å². The molecule has 0 aromatic heterocycles. The Morgan fingerprint density at radius 1 is 1.20 bits per heavy atom. The van der Waals surface area contributed by atoms with E-state index in [1.165, 1.54) is 7.11 Å².